The molecule has 0 aliphatic carbocycles. The lowest BCUT2D eigenvalue weighted by atomic mass is 10.2. The molecule has 1 unspecified atom stereocenters. The van der Waals surface area contributed by atoms with Gasteiger partial charge >= 0.3 is 6.09 Å². The molecule has 1 aliphatic heterocycles. The second kappa shape index (κ2) is 4.98. The van der Waals surface area contributed by atoms with Crippen molar-refractivity contribution < 1.29 is 9.53 Å². The lowest BCUT2D eigenvalue weighted by Crippen LogP contribution is -2.32. The fourth-order valence-corrected chi connectivity index (χ4v) is 1.30. The predicted octanol–water partition coefficient (Wildman–Crippen LogP) is 0.484. The largest absolute Gasteiger partial charge is 0.445 e. The van der Waals surface area contributed by atoms with Gasteiger partial charge in [-0.25, -0.2) is 4.79 Å². The van der Waals surface area contributed by atoms with E-state index < -0.39 is 0 Å². The van der Waals surface area contributed by atoms with Crippen LogP contribution in [0.4, 0.5) is 4.79 Å². The van der Waals surface area contributed by atoms with E-state index in [1.165, 1.54) is 6.42 Å². The Morgan fingerprint density at radius 1 is 1.58 bits per heavy atom. The van der Waals surface area contributed by atoms with Gasteiger partial charge in [-0.1, -0.05) is 0 Å². The zero-order chi connectivity index (χ0) is 8.81. The molecule has 1 fully saturated rings. The van der Waals surface area contributed by atoms with Crippen LogP contribution in [0.25, 0.3) is 0 Å². The zero-order valence-electron chi connectivity index (χ0n) is 7.43. The first-order valence-corrected chi connectivity index (χ1v) is 4.42. The van der Waals surface area contributed by atoms with Crippen molar-refractivity contribution >= 4 is 6.09 Å². The monoisotopic (exact) mass is 172 g/mol. The number of carbonyl (C=O) groups excluding carboxylic acids is 1. The third-order valence-electron chi connectivity index (χ3n) is 1.98. The lowest BCUT2D eigenvalue weighted by Gasteiger charge is -2.14. The maximum Gasteiger partial charge on any atom is 0.407 e. The van der Waals surface area contributed by atoms with Crippen LogP contribution in [0, 0.1) is 0 Å². The molecule has 70 valence electrons. The van der Waals surface area contributed by atoms with E-state index in [-0.39, 0.29) is 12.2 Å². The van der Waals surface area contributed by atoms with Crippen LogP contribution < -0.4 is 10.6 Å². The molecule has 0 spiro atoms. The number of alkyl carbamates (subject to hydrolysis) is 1. The van der Waals surface area contributed by atoms with Crippen molar-refractivity contribution in [1.29, 1.82) is 0 Å². The van der Waals surface area contributed by atoms with Gasteiger partial charge in [0.15, 0.2) is 0 Å². The molecule has 0 aromatic carbocycles. The Morgan fingerprint density at radius 3 is 3.17 bits per heavy atom. The Kier molecular flexibility index (Phi) is 3.87. The van der Waals surface area contributed by atoms with Crippen LogP contribution in [0.15, 0.2) is 0 Å². The highest BCUT2D eigenvalue weighted by atomic mass is 16.6. The molecule has 0 bridgehead atoms. The molecule has 4 heteroatoms. The zero-order valence-corrected chi connectivity index (χ0v) is 7.43. The van der Waals surface area contributed by atoms with E-state index in [9.17, 15) is 4.79 Å². The maximum absolute atomic E-state index is 10.8. The summed E-state index contributed by atoms with van der Waals surface area (Å²) in [6.07, 6.45) is 3.00. The molecule has 0 aromatic rings. The smallest absolute Gasteiger partial charge is 0.407 e. The van der Waals surface area contributed by atoms with Gasteiger partial charge < -0.3 is 15.4 Å². The fourth-order valence-electron chi connectivity index (χ4n) is 1.30. The van der Waals surface area contributed by atoms with Gasteiger partial charge in [0.25, 0.3) is 0 Å². The minimum atomic E-state index is -0.330. The van der Waals surface area contributed by atoms with Crippen molar-refractivity contribution in [3.8, 4) is 0 Å². The number of rotatable bonds is 1. The Balaban J connectivity index is 2.24. The number of nitrogens with one attached hydrogen (secondary N) is 2. The molecule has 4 nitrogen and oxygen atoms in total. The Labute approximate surface area is 72.7 Å². The second-order valence-electron chi connectivity index (χ2n) is 2.98. The summed E-state index contributed by atoms with van der Waals surface area (Å²) in [6, 6.07) is 0. The van der Waals surface area contributed by atoms with E-state index in [0.717, 1.165) is 25.9 Å². The van der Waals surface area contributed by atoms with Crippen LogP contribution >= 0.6 is 0 Å². The van der Waals surface area contributed by atoms with Gasteiger partial charge in [0.2, 0.25) is 0 Å². The number of hydrogen-bond donors (Lipinski definition) is 2. The van der Waals surface area contributed by atoms with Gasteiger partial charge in [-0.3, -0.25) is 0 Å². The van der Waals surface area contributed by atoms with Crippen molar-refractivity contribution in [2.24, 2.45) is 0 Å². The molecule has 1 heterocycles. The summed E-state index contributed by atoms with van der Waals surface area (Å²) in [5.41, 5.74) is 0. The molecule has 1 saturated heterocycles. The summed E-state index contributed by atoms with van der Waals surface area (Å²) >= 11 is 0. The molecule has 2 N–H and O–H groups in total. The van der Waals surface area contributed by atoms with Gasteiger partial charge in [-0.2, -0.15) is 0 Å². The highest BCUT2D eigenvalue weighted by Crippen LogP contribution is 2.07. The standard InChI is InChI=1S/C8H16N2O2/c1-9-8(11)12-7-4-2-3-5-10-6-7/h7,10H,2-6H2,1H3,(H,9,11). The molecule has 1 amide bonds. The maximum atomic E-state index is 10.8. The van der Waals surface area contributed by atoms with E-state index >= 15 is 0 Å². The van der Waals surface area contributed by atoms with E-state index in [2.05, 4.69) is 10.6 Å². The summed E-state index contributed by atoms with van der Waals surface area (Å²) in [6.45, 7) is 1.82. The third-order valence-corrected chi connectivity index (χ3v) is 1.98. The highest BCUT2D eigenvalue weighted by molar-refractivity contribution is 5.66. The molecule has 0 saturated carbocycles. The first-order chi connectivity index (χ1) is 5.83. The minimum absolute atomic E-state index is 0.0486. The summed E-state index contributed by atoms with van der Waals surface area (Å²) < 4.78 is 5.11. The molecule has 0 aromatic heterocycles. The quantitative estimate of drug-likeness (QED) is 0.605. The summed E-state index contributed by atoms with van der Waals surface area (Å²) in [5, 5.41) is 5.67. The van der Waals surface area contributed by atoms with Gasteiger partial charge in [0.05, 0.1) is 0 Å². The van der Waals surface area contributed by atoms with Gasteiger partial charge in [-0.15, -0.1) is 0 Å². The van der Waals surface area contributed by atoms with Crippen LogP contribution in [0.3, 0.4) is 0 Å². The lowest BCUT2D eigenvalue weighted by molar-refractivity contribution is 0.0964. The SMILES string of the molecule is CNC(=O)OC1CCCCNC1. The van der Waals surface area contributed by atoms with Crippen molar-refractivity contribution in [3.63, 3.8) is 0 Å². The highest BCUT2D eigenvalue weighted by Gasteiger charge is 2.14. The number of amides is 1. The Bertz CT molecular complexity index is 142. The predicted molar refractivity (Wildman–Crippen MR) is 46.0 cm³/mol. The Hall–Kier alpha value is -0.770. The number of carbonyl (C=O) groups is 1. The van der Waals surface area contributed by atoms with Crippen molar-refractivity contribution in [2.75, 3.05) is 20.1 Å². The van der Waals surface area contributed by atoms with E-state index in [1.54, 1.807) is 7.05 Å². The molecule has 1 aliphatic rings. The van der Waals surface area contributed by atoms with Crippen LogP contribution in [0.2, 0.25) is 0 Å². The molecule has 1 atom stereocenters. The molecule has 12 heavy (non-hydrogen) atoms. The third kappa shape index (κ3) is 3.09. The normalized spacial score (nSPS) is 24.2. The molecular formula is C8H16N2O2. The fraction of sp³-hybridized carbons (Fsp3) is 0.875. The van der Waals surface area contributed by atoms with Gasteiger partial charge in [0.1, 0.15) is 6.10 Å². The average Bonchev–Trinajstić information content (AvgIpc) is 2.33. The van der Waals surface area contributed by atoms with E-state index in [0.29, 0.717) is 0 Å². The second-order valence-corrected chi connectivity index (χ2v) is 2.98. The summed E-state index contributed by atoms with van der Waals surface area (Å²) in [7, 11) is 1.58. The van der Waals surface area contributed by atoms with E-state index in [1.807, 2.05) is 0 Å². The molecule has 0 radical (unpaired) electrons. The number of ether oxygens (including phenoxy) is 1. The number of hydrogen-bond acceptors (Lipinski definition) is 3. The van der Waals surface area contributed by atoms with Crippen LogP contribution in [-0.2, 0) is 4.74 Å². The summed E-state index contributed by atoms with van der Waals surface area (Å²) in [5.74, 6) is 0. The van der Waals surface area contributed by atoms with Gasteiger partial charge in [0, 0.05) is 13.6 Å². The van der Waals surface area contributed by atoms with Crippen molar-refractivity contribution in [1.82, 2.24) is 10.6 Å². The minimum Gasteiger partial charge on any atom is -0.445 e. The van der Waals surface area contributed by atoms with Crippen LogP contribution in [0.5, 0.6) is 0 Å². The van der Waals surface area contributed by atoms with Crippen LogP contribution in [0.1, 0.15) is 19.3 Å². The molecular weight excluding hydrogens is 156 g/mol. The molecule has 1 rings (SSSR count). The average molecular weight is 172 g/mol. The van der Waals surface area contributed by atoms with E-state index in [4.69, 9.17) is 4.74 Å². The van der Waals surface area contributed by atoms with Gasteiger partial charge in [-0.05, 0) is 25.8 Å². The summed E-state index contributed by atoms with van der Waals surface area (Å²) in [4.78, 5) is 10.8. The van der Waals surface area contributed by atoms with Crippen molar-refractivity contribution in [3.05, 3.63) is 0 Å². The first kappa shape index (κ1) is 9.32. The first-order valence-electron chi connectivity index (χ1n) is 4.42. The topological polar surface area (TPSA) is 50.4 Å². The Morgan fingerprint density at radius 2 is 2.42 bits per heavy atom. The van der Waals surface area contributed by atoms with Crippen LogP contribution in [-0.4, -0.2) is 32.3 Å². The van der Waals surface area contributed by atoms with Crippen molar-refractivity contribution in [2.45, 2.75) is 25.4 Å².